The molecule has 1 fully saturated rings. The maximum Gasteiger partial charge on any atom is 0.407 e. The van der Waals surface area contributed by atoms with E-state index in [1.165, 1.54) is 0 Å². The molecule has 112 valence electrons. The Morgan fingerprint density at radius 1 is 1.55 bits per heavy atom. The largest absolute Gasteiger partial charge is 0.450 e. The van der Waals surface area contributed by atoms with Crippen LogP contribution < -0.4 is 5.32 Å². The number of nitrogens with one attached hydrogen (secondary N) is 1. The fourth-order valence-electron chi connectivity index (χ4n) is 2.35. The second-order valence-corrected chi connectivity index (χ2v) is 4.90. The number of hydrogen-bond donors (Lipinski definition) is 1. The average Bonchev–Trinajstić information content (AvgIpc) is 2.87. The number of likely N-dealkylation sites (tertiary alicyclic amines) is 1. The van der Waals surface area contributed by atoms with Crippen molar-refractivity contribution in [2.75, 3.05) is 19.7 Å². The van der Waals surface area contributed by atoms with Crippen LogP contribution in [0.25, 0.3) is 0 Å². The Morgan fingerprint density at radius 2 is 2.40 bits per heavy atom. The third-order valence-electron chi connectivity index (χ3n) is 3.29. The zero-order valence-corrected chi connectivity index (χ0v) is 12.1. The highest BCUT2D eigenvalue weighted by Crippen LogP contribution is 2.13. The van der Waals surface area contributed by atoms with Gasteiger partial charge in [0.15, 0.2) is 5.82 Å². The van der Waals surface area contributed by atoms with Crippen molar-refractivity contribution in [2.24, 2.45) is 0 Å². The summed E-state index contributed by atoms with van der Waals surface area (Å²) in [5.74, 6) is 1.37. The van der Waals surface area contributed by atoms with E-state index in [2.05, 4.69) is 20.4 Å². The minimum atomic E-state index is -0.342. The number of amides is 1. The minimum absolute atomic E-state index is 0.122. The number of alkyl carbamates (subject to hydrolysis) is 1. The predicted octanol–water partition coefficient (Wildman–Crippen LogP) is 1.34. The van der Waals surface area contributed by atoms with Crippen LogP contribution in [0.3, 0.4) is 0 Å². The lowest BCUT2D eigenvalue weighted by atomic mass is 10.1. The topological polar surface area (TPSA) is 80.5 Å². The third-order valence-corrected chi connectivity index (χ3v) is 3.29. The van der Waals surface area contributed by atoms with Gasteiger partial charge in [0, 0.05) is 19.0 Å². The minimum Gasteiger partial charge on any atom is -0.450 e. The number of carbonyl (C=O) groups is 1. The summed E-state index contributed by atoms with van der Waals surface area (Å²) in [5, 5.41) is 6.77. The lowest BCUT2D eigenvalue weighted by Crippen LogP contribution is -2.47. The van der Waals surface area contributed by atoms with E-state index in [-0.39, 0.29) is 12.1 Å². The quantitative estimate of drug-likeness (QED) is 0.878. The molecule has 20 heavy (non-hydrogen) atoms. The fraction of sp³-hybridized carbons (Fsp3) is 0.769. The van der Waals surface area contributed by atoms with Crippen LogP contribution in [0.2, 0.25) is 0 Å². The molecule has 1 N–H and O–H groups in total. The number of rotatable bonds is 5. The van der Waals surface area contributed by atoms with Crippen molar-refractivity contribution < 1.29 is 14.1 Å². The van der Waals surface area contributed by atoms with E-state index in [0.717, 1.165) is 38.2 Å². The Bertz CT molecular complexity index is 435. The first-order valence-corrected chi connectivity index (χ1v) is 7.18. The van der Waals surface area contributed by atoms with Crippen LogP contribution in [0.1, 0.15) is 38.4 Å². The second-order valence-electron chi connectivity index (χ2n) is 4.90. The van der Waals surface area contributed by atoms with Gasteiger partial charge in [0.1, 0.15) is 0 Å². The summed E-state index contributed by atoms with van der Waals surface area (Å²) in [5.41, 5.74) is 0. The van der Waals surface area contributed by atoms with Crippen LogP contribution in [-0.4, -0.2) is 46.9 Å². The highest BCUT2D eigenvalue weighted by molar-refractivity contribution is 5.67. The molecule has 2 rings (SSSR count). The molecule has 1 amide bonds. The van der Waals surface area contributed by atoms with Gasteiger partial charge in [0.25, 0.3) is 0 Å². The van der Waals surface area contributed by atoms with E-state index >= 15 is 0 Å². The van der Waals surface area contributed by atoms with Gasteiger partial charge in [-0.3, -0.25) is 4.90 Å². The van der Waals surface area contributed by atoms with Gasteiger partial charge in [-0.15, -0.1) is 0 Å². The van der Waals surface area contributed by atoms with Gasteiger partial charge in [-0.25, -0.2) is 4.79 Å². The standard InChI is InChI=1S/C13H22N4O3/c1-3-11-15-12(20-16-11)9-17-7-5-6-10(8-17)14-13(18)19-4-2/h10H,3-9H2,1-2H3,(H,14,18)/t10-/m0/s1. The molecule has 0 unspecified atom stereocenters. The number of piperidine rings is 1. The van der Waals surface area contributed by atoms with Crippen molar-refractivity contribution in [1.82, 2.24) is 20.4 Å². The van der Waals surface area contributed by atoms with E-state index in [0.29, 0.717) is 19.0 Å². The summed E-state index contributed by atoms with van der Waals surface area (Å²) in [6.45, 7) is 6.58. The normalized spacial score (nSPS) is 19.8. The van der Waals surface area contributed by atoms with Crippen molar-refractivity contribution in [3.05, 3.63) is 11.7 Å². The summed E-state index contributed by atoms with van der Waals surface area (Å²) in [6, 6.07) is 0.122. The smallest absolute Gasteiger partial charge is 0.407 e. The van der Waals surface area contributed by atoms with Gasteiger partial charge in [0.2, 0.25) is 5.89 Å². The number of ether oxygens (including phenoxy) is 1. The Hall–Kier alpha value is -1.63. The zero-order chi connectivity index (χ0) is 14.4. The first-order chi connectivity index (χ1) is 9.71. The molecule has 1 atom stereocenters. The molecule has 1 aliphatic rings. The van der Waals surface area contributed by atoms with Gasteiger partial charge in [0.05, 0.1) is 13.2 Å². The van der Waals surface area contributed by atoms with Gasteiger partial charge < -0.3 is 14.6 Å². The highest BCUT2D eigenvalue weighted by atomic mass is 16.5. The molecule has 0 radical (unpaired) electrons. The van der Waals surface area contributed by atoms with Crippen molar-refractivity contribution in [1.29, 1.82) is 0 Å². The molecular formula is C13H22N4O3. The molecule has 0 aliphatic carbocycles. The number of aryl methyl sites for hydroxylation is 1. The fourth-order valence-corrected chi connectivity index (χ4v) is 2.35. The summed E-state index contributed by atoms with van der Waals surface area (Å²) in [6.07, 6.45) is 2.44. The van der Waals surface area contributed by atoms with Gasteiger partial charge in [-0.2, -0.15) is 4.98 Å². The molecule has 1 saturated heterocycles. The van der Waals surface area contributed by atoms with Gasteiger partial charge >= 0.3 is 6.09 Å². The SMILES string of the molecule is CCOC(=O)N[C@H]1CCCN(Cc2nc(CC)no2)C1. The number of aromatic nitrogens is 2. The van der Waals surface area contributed by atoms with E-state index in [1.807, 2.05) is 6.92 Å². The van der Waals surface area contributed by atoms with Crippen LogP contribution in [0.15, 0.2) is 4.52 Å². The Morgan fingerprint density at radius 3 is 3.10 bits per heavy atom. The molecule has 1 aromatic rings. The third kappa shape index (κ3) is 4.19. The zero-order valence-electron chi connectivity index (χ0n) is 12.1. The summed E-state index contributed by atoms with van der Waals surface area (Å²) < 4.78 is 10.1. The highest BCUT2D eigenvalue weighted by Gasteiger charge is 2.23. The van der Waals surface area contributed by atoms with Crippen molar-refractivity contribution in [3.8, 4) is 0 Å². The number of carbonyl (C=O) groups excluding carboxylic acids is 1. The van der Waals surface area contributed by atoms with Crippen LogP contribution in [0.4, 0.5) is 4.79 Å². The first-order valence-electron chi connectivity index (χ1n) is 7.18. The predicted molar refractivity (Wildman–Crippen MR) is 72.1 cm³/mol. The molecule has 0 aromatic carbocycles. The molecule has 7 heteroatoms. The van der Waals surface area contributed by atoms with Crippen molar-refractivity contribution in [2.45, 2.75) is 45.7 Å². The molecule has 7 nitrogen and oxygen atoms in total. The second kappa shape index (κ2) is 7.23. The first kappa shape index (κ1) is 14.8. The Labute approximate surface area is 118 Å². The van der Waals surface area contributed by atoms with Gasteiger partial charge in [-0.1, -0.05) is 12.1 Å². The summed E-state index contributed by atoms with van der Waals surface area (Å²) in [4.78, 5) is 17.9. The maximum absolute atomic E-state index is 11.4. The summed E-state index contributed by atoms with van der Waals surface area (Å²) >= 11 is 0. The van der Waals surface area contributed by atoms with E-state index < -0.39 is 0 Å². The van der Waals surface area contributed by atoms with E-state index in [4.69, 9.17) is 9.26 Å². The average molecular weight is 282 g/mol. The van der Waals surface area contributed by atoms with Crippen molar-refractivity contribution in [3.63, 3.8) is 0 Å². The molecule has 0 spiro atoms. The number of nitrogens with zero attached hydrogens (tertiary/aromatic N) is 3. The Balaban J connectivity index is 1.82. The molecule has 1 aliphatic heterocycles. The van der Waals surface area contributed by atoms with Gasteiger partial charge in [-0.05, 0) is 26.3 Å². The van der Waals surface area contributed by atoms with Crippen LogP contribution >= 0.6 is 0 Å². The van der Waals surface area contributed by atoms with E-state index in [1.54, 1.807) is 6.92 Å². The monoisotopic (exact) mass is 282 g/mol. The molecule has 1 aromatic heterocycles. The lowest BCUT2D eigenvalue weighted by molar-refractivity contribution is 0.128. The van der Waals surface area contributed by atoms with E-state index in [9.17, 15) is 4.79 Å². The number of hydrogen-bond acceptors (Lipinski definition) is 6. The molecule has 0 saturated carbocycles. The van der Waals surface area contributed by atoms with Crippen molar-refractivity contribution >= 4 is 6.09 Å². The van der Waals surface area contributed by atoms with Crippen LogP contribution in [0.5, 0.6) is 0 Å². The molecule has 2 heterocycles. The molecular weight excluding hydrogens is 260 g/mol. The Kier molecular flexibility index (Phi) is 5.34. The summed E-state index contributed by atoms with van der Waals surface area (Å²) in [7, 11) is 0. The maximum atomic E-state index is 11.4. The van der Waals surface area contributed by atoms with Crippen LogP contribution in [0, 0.1) is 0 Å². The van der Waals surface area contributed by atoms with Crippen LogP contribution in [-0.2, 0) is 17.7 Å². The lowest BCUT2D eigenvalue weighted by Gasteiger charge is -2.31. The molecule has 0 bridgehead atoms.